The van der Waals surface area contributed by atoms with Gasteiger partial charge in [0.15, 0.2) is 0 Å². The summed E-state index contributed by atoms with van der Waals surface area (Å²) in [6.07, 6.45) is 2.37. The molecule has 120 valence electrons. The lowest BCUT2D eigenvalue weighted by Crippen LogP contribution is -2.26. The molecule has 0 unspecified atom stereocenters. The molecule has 0 N–H and O–H groups in total. The summed E-state index contributed by atoms with van der Waals surface area (Å²) < 4.78 is 18.6. The average molecular weight is 350 g/mol. The van der Waals surface area contributed by atoms with Gasteiger partial charge in [-0.1, -0.05) is 36.0 Å². The summed E-state index contributed by atoms with van der Waals surface area (Å²) in [6.45, 7) is 2.37. The second kappa shape index (κ2) is 7.28. The molecule has 2 aromatic rings. The fourth-order valence-electron chi connectivity index (χ4n) is 2.60. The fraction of sp³-hybridized carbons (Fsp3) is 0.278. The zero-order chi connectivity index (χ0) is 16.2. The van der Waals surface area contributed by atoms with Crippen molar-refractivity contribution in [3.63, 3.8) is 0 Å². The molecule has 0 spiro atoms. The lowest BCUT2D eigenvalue weighted by atomic mass is 10.2. The predicted octanol–water partition coefficient (Wildman–Crippen LogP) is 4.83. The Bertz CT molecular complexity index is 699. The number of likely N-dealkylation sites (tertiary alicyclic amines) is 1. The average Bonchev–Trinajstić information content (AvgIpc) is 3.09. The number of hydrogen-bond acceptors (Lipinski definition) is 2. The van der Waals surface area contributed by atoms with E-state index in [2.05, 4.69) is 4.90 Å². The van der Waals surface area contributed by atoms with E-state index in [0.717, 1.165) is 29.2 Å². The second-order valence-corrected chi connectivity index (χ2v) is 6.35. The van der Waals surface area contributed by atoms with Crippen molar-refractivity contribution in [2.24, 2.45) is 0 Å². The number of rotatable bonds is 4. The first-order valence-electron chi connectivity index (χ1n) is 7.59. The molecule has 1 aliphatic heterocycles. The van der Waals surface area contributed by atoms with Crippen molar-refractivity contribution in [1.82, 2.24) is 4.90 Å². The summed E-state index contributed by atoms with van der Waals surface area (Å²) in [4.78, 5) is 3.05. The molecule has 2 aromatic carbocycles. The van der Waals surface area contributed by atoms with Crippen LogP contribution in [0.25, 0.3) is 0 Å². The first kappa shape index (κ1) is 16.2. The number of hydrogen-bond donors (Lipinski definition) is 0. The summed E-state index contributed by atoms with van der Waals surface area (Å²) in [5.74, 6) is 0.343. The van der Waals surface area contributed by atoms with Crippen LogP contribution in [-0.4, -0.2) is 23.0 Å². The van der Waals surface area contributed by atoms with Gasteiger partial charge in [0.2, 0.25) is 0 Å². The Morgan fingerprint density at radius 2 is 1.83 bits per heavy atom. The van der Waals surface area contributed by atoms with Crippen LogP contribution in [0.4, 0.5) is 4.39 Å². The van der Waals surface area contributed by atoms with E-state index in [-0.39, 0.29) is 5.82 Å². The predicted molar refractivity (Wildman–Crippen MR) is 94.7 cm³/mol. The highest BCUT2D eigenvalue weighted by atomic mass is 35.5. The summed E-state index contributed by atoms with van der Waals surface area (Å²) in [6, 6.07) is 11.8. The summed E-state index contributed by atoms with van der Waals surface area (Å²) in [7, 11) is 0. The van der Waals surface area contributed by atoms with E-state index < -0.39 is 0 Å². The Balaban J connectivity index is 1.66. The van der Waals surface area contributed by atoms with Gasteiger partial charge in [0, 0.05) is 18.7 Å². The van der Waals surface area contributed by atoms with Gasteiger partial charge in [0.05, 0.1) is 5.02 Å². The van der Waals surface area contributed by atoms with E-state index in [1.807, 2.05) is 18.2 Å². The van der Waals surface area contributed by atoms with Gasteiger partial charge < -0.3 is 9.64 Å². The number of benzene rings is 2. The molecule has 1 fully saturated rings. The van der Waals surface area contributed by atoms with Crippen LogP contribution in [0.5, 0.6) is 5.75 Å². The monoisotopic (exact) mass is 349 g/mol. The van der Waals surface area contributed by atoms with E-state index in [1.165, 1.54) is 25.0 Å². The van der Waals surface area contributed by atoms with Crippen LogP contribution in [-0.2, 0) is 6.61 Å². The molecule has 5 heteroatoms. The highest BCUT2D eigenvalue weighted by Gasteiger charge is 2.17. The minimum atomic E-state index is -0.258. The van der Waals surface area contributed by atoms with Crippen molar-refractivity contribution in [2.45, 2.75) is 19.4 Å². The first-order valence-corrected chi connectivity index (χ1v) is 8.38. The SMILES string of the molecule is Fc1ccc(COc2ccc(C(=S)N3CCCC3)cc2Cl)cc1. The van der Waals surface area contributed by atoms with Gasteiger partial charge in [-0.3, -0.25) is 0 Å². The van der Waals surface area contributed by atoms with E-state index >= 15 is 0 Å². The van der Waals surface area contributed by atoms with Crippen molar-refractivity contribution in [2.75, 3.05) is 13.1 Å². The maximum absolute atomic E-state index is 12.9. The molecule has 0 radical (unpaired) electrons. The molecule has 2 nitrogen and oxygen atoms in total. The molecule has 0 bridgehead atoms. The van der Waals surface area contributed by atoms with E-state index in [9.17, 15) is 4.39 Å². The summed E-state index contributed by atoms with van der Waals surface area (Å²) >= 11 is 11.8. The van der Waals surface area contributed by atoms with Crippen LogP contribution in [0.15, 0.2) is 42.5 Å². The summed E-state index contributed by atoms with van der Waals surface area (Å²) in [5, 5.41) is 0.533. The molecule has 3 rings (SSSR count). The molecule has 23 heavy (non-hydrogen) atoms. The van der Waals surface area contributed by atoms with Gasteiger partial charge in [0.1, 0.15) is 23.2 Å². The number of thiocarbonyl (C=S) groups is 1. The van der Waals surface area contributed by atoms with Crippen molar-refractivity contribution in [3.05, 3.63) is 64.4 Å². The van der Waals surface area contributed by atoms with Crippen LogP contribution >= 0.6 is 23.8 Å². The Morgan fingerprint density at radius 3 is 2.48 bits per heavy atom. The van der Waals surface area contributed by atoms with Crippen molar-refractivity contribution < 1.29 is 9.13 Å². The summed E-state index contributed by atoms with van der Waals surface area (Å²) in [5.41, 5.74) is 1.83. The molecule has 0 atom stereocenters. The van der Waals surface area contributed by atoms with Gasteiger partial charge in [0.25, 0.3) is 0 Å². The number of ether oxygens (including phenoxy) is 1. The zero-order valence-electron chi connectivity index (χ0n) is 12.6. The van der Waals surface area contributed by atoms with Crippen molar-refractivity contribution in [3.8, 4) is 5.75 Å². The molecule has 0 saturated carbocycles. The zero-order valence-corrected chi connectivity index (χ0v) is 14.2. The van der Waals surface area contributed by atoms with Crippen LogP contribution in [0.2, 0.25) is 5.02 Å². The molecule has 0 aromatic heterocycles. The third-order valence-electron chi connectivity index (χ3n) is 3.88. The van der Waals surface area contributed by atoms with Gasteiger partial charge in [-0.05, 0) is 48.7 Å². The maximum Gasteiger partial charge on any atom is 0.138 e. The normalized spacial score (nSPS) is 14.1. The largest absolute Gasteiger partial charge is 0.487 e. The molecule has 1 heterocycles. The second-order valence-electron chi connectivity index (χ2n) is 5.56. The molecule has 0 aliphatic carbocycles. The van der Waals surface area contributed by atoms with Gasteiger partial charge in [-0.15, -0.1) is 0 Å². The van der Waals surface area contributed by atoms with Gasteiger partial charge in [-0.2, -0.15) is 0 Å². The van der Waals surface area contributed by atoms with E-state index in [1.54, 1.807) is 12.1 Å². The van der Waals surface area contributed by atoms with Crippen molar-refractivity contribution in [1.29, 1.82) is 0 Å². The Hall–Kier alpha value is -1.65. The lowest BCUT2D eigenvalue weighted by molar-refractivity contribution is 0.306. The highest BCUT2D eigenvalue weighted by Crippen LogP contribution is 2.27. The molecule has 1 saturated heterocycles. The molecule has 0 amide bonds. The first-order chi connectivity index (χ1) is 11.1. The Labute approximate surface area is 145 Å². The van der Waals surface area contributed by atoms with Gasteiger partial charge in [-0.25, -0.2) is 4.39 Å². The smallest absolute Gasteiger partial charge is 0.138 e. The Morgan fingerprint density at radius 1 is 1.13 bits per heavy atom. The Kier molecular flexibility index (Phi) is 5.13. The van der Waals surface area contributed by atoms with E-state index in [4.69, 9.17) is 28.6 Å². The minimum Gasteiger partial charge on any atom is -0.487 e. The third kappa shape index (κ3) is 4.01. The minimum absolute atomic E-state index is 0.258. The quantitative estimate of drug-likeness (QED) is 0.733. The number of halogens is 2. The molecular weight excluding hydrogens is 333 g/mol. The highest BCUT2D eigenvalue weighted by molar-refractivity contribution is 7.80. The van der Waals surface area contributed by atoms with Crippen LogP contribution < -0.4 is 4.74 Å². The molecular formula is C18H17ClFNOS. The van der Waals surface area contributed by atoms with Crippen LogP contribution in [0, 0.1) is 5.82 Å². The van der Waals surface area contributed by atoms with Crippen LogP contribution in [0.3, 0.4) is 0 Å². The van der Waals surface area contributed by atoms with Gasteiger partial charge >= 0.3 is 0 Å². The maximum atomic E-state index is 12.9. The van der Waals surface area contributed by atoms with Crippen molar-refractivity contribution >= 4 is 28.8 Å². The lowest BCUT2D eigenvalue weighted by Gasteiger charge is -2.19. The standard InChI is InChI=1S/C18H17ClFNOS/c19-16-11-14(18(23)21-9-1-2-10-21)5-8-17(16)22-12-13-3-6-15(20)7-4-13/h3-8,11H,1-2,9-10,12H2. The number of nitrogens with zero attached hydrogens (tertiary/aromatic N) is 1. The van der Waals surface area contributed by atoms with E-state index in [0.29, 0.717) is 17.4 Å². The fourth-order valence-corrected chi connectivity index (χ4v) is 3.14. The molecule has 1 aliphatic rings. The topological polar surface area (TPSA) is 12.5 Å². The third-order valence-corrected chi connectivity index (χ3v) is 4.67. The van der Waals surface area contributed by atoms with Crippen LogP contribution in [0.1, 0.15) is 24.0 Å².